The summed E-state index contributed by atoms with van der Waals surface area (Å²) >= 11 is 8.14. The summed E-state index contributed by atoms with van der Waals surface area (Å²) in [4.78, 5) is 0. The van der Waals surface area contributed by atoms with Crippen LogP contribution in [0.15, 0.2) is 36.4 Å². The third-order valence-corrected chi connectivity index (χ3v) is 3.43. The molecule has 2 rings (SSSR count). The number of hydrogen-bond acceptors (Lipinski definition) is 0. The lowest BCUT2D eigenvalue weighted by atomic mass is 10.0. The van der Waals surface area contributed by atoms with Gasteiger partial charge in [0.2, 0.25) is 0 Å². The minimum absolute atomic E-state index is 0.222. The van der Waals surface area contributed by atoms with Crippen LogP contribution in [-0.4, -0.2) is 6.18 Å². The van der Waals surface area contributed by atoms with E-state index in [1.807, 2.05) is 6.07 Å². The van der Waals surface area contributed by atoms with Crippen molar-refractivity contribution in [3.63, 3.8) is 0 Å². The van der Waals surface area contributed by atoms with E-state index in [0.717, 1.165) is 3.57 Å². The monoisotopic (exact) mass is 395 g/mol. The summed E-state index contributed by atoms with van der Waals surface area (Å²) in [7, 11) is 0. The summed E-state index contributed by atoms with van der Waals surface area (Å²) in [5.74, 6) is 0. The molecule has 0 fully saturated rings. The Balaban J connectivity index is 2.40. The predicted molar refractivity (Wildman–Crippen MR) is 78.2 cm³/mol. The molecule has 0 aromatic heterocycles. The fourth-order valence-electron chi connectivity index (χ4n) is 1.74. The van der Waals surface area contributed by atoms with Gasteiger partial charge in [0.25, 0.3) is 0 Å². The van der Waals surface area contributed by atoms with Gasteiger partial charge in [-0.25, -0.2) is 0 Å². The van der Waals surface area contributed by atoms with E-state index in [1.54, 1.807) is 18.2 Å². The molecule has 1 radical (unpaired) electrons. The van der Waals surface area contributed by atoms with Crippen LogP contribution in [0.1, 0.15) is 5.56 Å². The molecule has 2 aromatic rings. The Morgan fingerprint density at radius 1 is 1.21 bits per heavy atom. The van der Waals surface area contributed by atoms with Gasteiger partial charge >= 0.3 is 6.18 Å². The van der Waals surface area contributed by atoms with Gasteiger partial charge in [-0.15, -0.1) is 0 Å². The molecule has 0 spiro atoms. The van der Waals surface area contributed by atoms with Crippen LogP contribution < -0.4 is 0 Å². The maximum absolute atomic E-state index is 12.4. The first-order chi connectivity index (χ1) is 8.85. The first-order valence-electron chi connectivity index (χ1n) is 5.38. The molecule has 0 amide bonds. The first-order valence-corrected chi connectivity index (χ1v) is 6.83. The van der Waals surface area contributed by atoms with Crippen LogP contribution in [0.3, 0.4) is 0 Å². The topological polar surface area (TPSA) is 0 Å². The average molecular weight is 396 g/mol. The van der Waals surface area contributed by atoms with Crippen molar-refractivity contribution >= 4 is 34.2 Å². The van der Waals surface area contributed by atoms with E-state index in [1.165, 1.54) is 12.1 Å². The highest BCUT2D eigenvalue weighted by atomic mass is 127. The van der Waals surface area contributed by atoms with Crippen LogP contribution >= 0.6 is 34.2 Å². The second-order valence-corrected chi connectivity index (χ2v) is 5.66. The molecule has 5 heteroatoms. The minimum Gasteiger partial charge on any atom is -0.171 e. The Labute approximate surface area is 127 Å². The van der Waals surface area contributed by atoms with Gasteiger partial charge in [0.1, 0.15) is 0 Å². The smallest absolute Gasteiger partial charge is 0.171 e. The molecule has 0 unspecified atom stereocenters. The molecular weight excluding hydrogens is 388 g/mol. The number of alkyl halides is 3. The molecule has 19 heavy (non-hydrogen) atoms. The first kappa shape index (κ1) is 14.7. The summed E-state index contributed by atoms with van der Waals surface area (Å²) < 4.78 is 38.1. The molecule has 0 nitrogen and oxygen atoms in total. The third kappa shape index (κ3) is 4.11. The highest BCUT2D eigenvalue weighted by molar-refractivity contribution is 14.1. The zero-order chi connectivity index (χ0) is 14.0. The number of benzene rings is 2. The van der Waals surface area contributed by atoms with E-state index in [0.29, 0.717) is 16.1 Å². The Morgan fingerprint density at radius 2 is 1.95 bits per heavy atom. The molecule has 99 valence electrons. The fraction of sp³-hybridized carbons (Fsp3) is 0.143. The maximum Gasteiger partial charge on any atom is 0.393 e. The molecule has 0 heterocycles. The largest absolute Gasteiger partial charge is 0.393 e. The maximum atomic E-state index is 12.4. The SMILES string of the molecule is FC(F)(F)Cc1cccc(-c2cc(I)c[c]c2Cl)c1. The predicted octanol–water partition coefficient (Wildman–Crippen LogP) is 5.52. The van der Waals surface area contributed by atoms with E-state index >= 15 is 0 Å². The summed E-state index contributed by atoms with van der Waals surface area (Å²) in [5, 5.41) is 0.407. The van der Waals surface area contributed by atoms with Gasteiger partial charge in [0.05, 0.1) is 11.4 Å². The Hall–Kier alpha value is -0.750. The van der Waals surface area contributed by atoms with Crippen molar-refractivity contribution in [3.05, 3.63) is 56.6 Å². The van der Waals surface area contributed by atoms with Gasteiger partial charge in [-0.05, 0) is 45.9 Å². The zero-order valence-electron chi connectivity index (χ0n) is 9.56. The van der Waals surface area contributed by atoms with Gasteiger partial charge in [0.15, 0.2) is 0 Å². The van der Waals surface area contributed by atoms with Crippen molar-refractivity contribution in [1.82, 2.24) is 0 Å². The molecule has 2 aromatic carbocycles. The Morgan fingerprint density at radius 3 is 2.63 bits per heavy atom. The lowest BCUT2D eigenvalue weighted by Crippen LogP contribution is -2.11. The number of hydrogen-bond donors (Lipinski definition) is 0. The Bertz CT molecular complexity index is 593. The van der Waals surface area contributed by atoms with Crippen LogP contribution in [0.2, 0.25) is 5.02 Å². The summed E-state index contributed by atoms with van der Waals surface area (Å²) in [6.45, 7) is 0. The standard InChI is InChI=1S/C14H8ClF3I/c15-13-5-4-11(19)7-12(13)10-3-1-2-9(6-10)8-14(16,17)18/h1-4,6-7H,8H2. The molecule has 0 bridgehead atoms. The van der Waals surface area contributed by atoms with E-state index in [2.05, 4.69) is 28.7 Å². The van der Waals surface area contributed by atoms with E-state index in [-0.39, 0.29) is 5.56 Å². The van der Waals surface area contributed by atoms with E-state index < -0.39 is 12.6 Å². The van der Waals surface area contributed by atoms with Crippen molar-refractivity contribution < 1.29 is 13.2 Å². The van der Waals surface area contributed by atoms with Crippen LogP contribution in [0.4, 0.5) is 13.2 Å². The van der Waals surface area contributed by atoms with Crippen LogP contribution in [-0.2, 0) is 6.42 Å². The number of rotatable bonds is 2. The van der Waals surface area contributed by atoms with Crippen molar-refractivity contribution in [2.45, 2.75) is 12.6 Å². The van der Waals surface area contributed by atoms with Crippen molar-refractivity contribution in [1.29, 1.82) is 0 Å². The average Bonchev–Trinajstić information content (AvgIpc) is 2.30. The van der Waals surface area contributed by atoms with Crippen molar-refractivity contribution in [3.8, 4) is 11.1 Å². The lowest BCUT2D eigenvalue weighted by molar-refractivity contribution is -0.127. The van der Waals surface area contributed by atoms with Gasteiger partial charge in [-0.3, -0.25) is 0 Å². The lowest BCUT2D eigenvalue weighted by Gasteiger charge is -2.09. The highest BCUT2D eigenvalue weighted by Gasteiger charge is 2.27. The highest BCUT2D eigenvalue weighted by Crippen LogP contribution is 2.31. The van der Waals surface area contributed by atoms with Crippen LogP contribution in [0.25, 0.3) is 11.1 Å². The molecule has 0 saturated carbocycles. The molecule has 0 aliphatic carbocycles. The molecular formula is C14H8ClF3I. The van der Waals surface area contributed by atoms with Crippen LogP contribution in [0.5, 0.6) is 0 Å². The zero-order valence-corrected chi connectivity index (χ0v) is 12.5. The van der Waals surface area contributed by atoms with E-state index in [4.69, 9.17) is 11.6 Å². The minimum atomic E-state index is -4.21. The van der Waals surface area contributed by atoms with E-state index in [9.17, 15) is 13.2 Å². The summed E-state index contributed by atoms with van der Waals surface area (Å²) in [6, 6.07) is 12.7. The second-order valence-electron chi connectivity index (χ2n) is 4.04. The Kier molecular flexibility index (Phi) is 4.40. The molecule has 0 aliphatic heterocycles. The normalized spacial score (nSPS) is 11.6. The van der Waals surface area contributed by atoms with Gasteiger partial charge in [0, 0.05) is 15.2 Å². The summed E-state index contributed by atoms with van der Waals surface area (Å²) in [6.07, 6.45) is -5.15. The molecule has 0 saturated heterocycles. The fourth-order valence-corrected chi connectivity index (χ4v) is 2.43. The molecule has 0 N–H and O–H groups in total. The quantitative estimate of drug-likeness (QED) is 0.588. The van der Waals surface area contributed by atoms with Gasteiger partial charge < -0.3 is 0 Å². The summed E-state index contributed by atoms with van der Waals surface area (Å²) in [5.41, 5.74) is 1.58. The molecule has 0 atom stereocenters. The van der Waals surface area contributed by atoms with Crippen molar-refractivity contribution in [2.24, 2.45) is 0 Å². The molecule has 0 aliphatic rings. The van der Waals surface area contributed by atoms with Gasteiger partial charge in [-0.2, -0.15) is 13.2 Å². The van der Waals surface area contributed by atoms with Crippen LogP contribution in [0, 0.1) is 9.64 Å². The van der Waals surface area contributed by atoms with Gasteiger partial charge in [-0.1, -0.05) is 35.9 Å². The number of halogens is 5. The second kappa shape index (κ2) is 5.71. The van der Waals surface area contributed by atoms with Crippen molar-refractivity contribution in [2.75, 3.05) is 0 Å². The third-order valence-electron chi connectivity index (χ3n) is 2.50.